The molecule has 13 heavy (non-hydrogen) atoms. The highest BCUT2D eigenvalue weighted by Crippen LogP contribution is 2.12. The van der Waals surface area contributed by atoms with E-state index < -0.39 is 0 Å². The summed E-state index contributed by atoms with van der Waals surface area (Å²) in [6.45, 7) is 6.42. The van der Waals surface area contributed by atoms with Gasteiger partial charge in [-0.1, -0.05) is 6.92 Å². The van der Waals surface area contributed by atoms with E-state index in [0.29, 0.717) is 6.04 Å². The topological polar surface area (TPSA) is 32.3 Å². The zero-order valence-corrected chi connectivity index (χ0v) is 8.97. The summed E-state index contributed by atoms with van der Waals surface area (Å²) in [5.41, 5.74) is 0. The normalized spacial score (nSPS) is 24.8. The third kappa shape index (κ3) is 2.85. The largest absolute Gasteiger partial charge is 0.340 e. The molecule has 2 atom stereocenters. The van der Waals surface area contributed by atoms with Crippen LogP contribution in [0.3, 0.4) is 0 Å². The molecule has 1 aliphatic rings. The third-order valence-electron chi connectivity index (χ3n) is 2.33. The molecule has 1 aliphatic heterocycles. The smallest absolute Gasteiger partial charge is 0.240 e. The first kappa shape index (κ1) is 10.8. The summed E-state index contributed by atoms with van der Waals surface area (Å²) in [6, 6.07) is 0.462. The number of hydrogen-bond donors (Lipinski definition) is 1. The summed E-state index contributed by atoms with van der Waals surface area (Å²) in [5.74, 6) is 0.0575. The van der Waals surface area contributed by atoms with Gasteiger partial charge >= 0.3 is 0 Å². The van der Waals surface area contributed by atoms with Gasteiger partial charge in [0.15, 0.2) is 0 Å². The zero-order chi connectivity index (χ0) is 9.84. The molecule has 0 bridgehead atoms. The first-order chi connectivity index (χ1) is 6.15. The molecule has 0 aromatic carbocycles. The van der Waals surface area contributed by atoms with Gasteiger partial charge in [-0.15, -0.1) is 11.6 Å². The van der Waals surface area contributed by atoms with Gasteiger partial charge in [-0.25, -0.2) is 0 Å². The second-order valence-electron chi connectivity index (χ2n) is 3.44. The molecule has 0 aliphatic carbocycles. The molecule has 4 heteroatoms. The lowest BCUT2D eigenvalue weighted by atomic mass is 10.3. The zero-order valence-electron chi connectivity index (χ0n) is 8.22. The molecule has 1 fully saturated rings. The van der Waals surface area contributed by atoms with Gasteiger partial charge in [0.2, 0.25) is 5.91 Å². The van der Waals surface area contributed by atoms with E-state index in [9.17, 15) is 4.79 Å². The summed E-state index contributed by atoms with van der Waals surface area (Å²) in [4.78, 5) is 13.3. The van der Waals surface area contributed by atoms with E-state index in [0.717, 1.165) is 26.1 Å². The predicted molar refractivity (Wildman–Crippen MR) is 54.0 cm³/mol. The van der Waals surface area contributed by atoms with Crippen LogP contribution in [0.25, 0.3) is 0 Å². The summed E-state index contributed by atoms with van der Waals surface area (Å²) in [5, 5.41) is 2.94. The van der Waals surface area contributed by atoms with Gasteiger partial charge in [0.05, 0.1) is 0 Å². The number of likely N-dealkylation sites (N-methyl/N-ethyl adjacent to an activating group) is 1. The van der Waals surface area contributed by atoms with Crippen LogP contribution in [-0.2, 0) is 4.79 Å². The van der Waals surface area contributed by atoms with Crippen LogP contribution in [-0.4, -0.2) is 41.9 Å². The van der Waals surface area contributed by atoms with Gasteiger partial charge in [0, 0.05) is 19.1 Å². The lowest BCUT2D eigenvalue weighted by molar-refractivity contribution is -0.129. The number of likely N-dealkylation sites (tertiary alicyclic amines) is 1. The van der Waals surface area contributed by atoms with Crippen LogP contribution in [0.4, 0.5) is 0 Å². The fourth-order valence-electron chi connectivity index (χ4n) is 1.67. The van der Waals surface area contributed by atoms with E-state index in [1.54, 1.807) is 6.92 Å². The fraction of sp³-hybridized carbons (Fsp3) is 0.889. The van der Waals surface area contributed by atoms with Crippen molar-refractivity contribution in [3.63, 3.8) is 0 Å². The van der Waals surface area contributed by atoms with Crippen molar-refractivity contribution >= 4 is 17.5 Å². The Morgan fingerprint density at radius 1 is 1.77 bits per heavy atom. The minimum absolute atomic E-state index is 0.0575. The molecule has 1 heterocycles. The number of alkyl halides is 1. The summed E-state index contributed by atoms with van der Waals surface area (Å²) >= 11 is 5.72. The molecule has 2 unspecified atom stereocenters. The van der Waals surface area contributed by atoms with Crippen LogP contribution in [0.1, 0.15) is 20.3 Å². The van der Waals surface area contributed by atoms with Crippen molar-refractivity contribution in [2.75, 3.05) is 19.6 Å². The van der Waals surface area contributed by atoms with E-state index in [1.165, 1.54) is 0 Å². The maximum Gasteiger partial charge on any atom is 0.240 e. The van der Waals surface area contributed by atoms with Gasteiger partial charge in [0.25, 0.3) is 0 Å². The number of hydrogen-bond acceptors (Lipinski definition) is 2. The van der Waals surface area contributed by atoms with Gasteiger partial charge in [0.1, 0.15) is 5.38 Å². The average Bonchev–Trinajstić information content (AvgIpc) is 2.52. The standard InChI is InChI=1S/C9H17ClN2O/c1-3-11-8-4-5-12(6-8)9(13)7(2)10/h7-8,11H,3-6H2,1-2H3. The quantitative estimate of drug-likeness (QED) is 0.691. The maximum atomic E-state index is 11.5. The molecule has 0 saturated carbocycles. The molecule has 1 amide bonds. The Labute approximate surface area is 84.4 Å². The fourth-order valence-corrected chi connectivity index (χ4v) is 1.81. The number of nitrogens with one attached hydrogen (secondary N) is 1. The van der Waals surface area contributed by atoms with Crippen molar-refractivity contribution in [1.82, 2.24) is 10.2 Å². The van der Waals surface area contributed by atoms with Gasteiger partial charge in [-0.3, -0.25) is 4.79 Å². The monoisotopic (exact) mass is 204 g/mol. The van der Waals surface area contributed by atoms with Crippen molar-refractivity contribution in [2.24, 2.45) is 0 Å². The maximum absolute atomic E-state index is 11.5. The van der Waals surface area contributed by atoms with E-state index in [4.69, 9.17) is 11.6 Å². The van der Waals surface area contributed by atoms with E-state index >= 15 is 0 Å². The molecule has 1 saturated heterocycles. The molecule has 0 radical (unpaired) electrons. The molecular weight excluding hydrogens is 188 g/mol. The predicted octanol–water partition coefficient (Wildman–Crippen LogP) is 0.824. The number of carbonyl (C=O) groups excluding carboxylic acids is 1. The summed E-state index contributed by atoms with van der Waals surface area (Å²) < 4.78 is 0. The molecule has 3 nitrogen and oxygen atoms in total. The van der Waals surface area contributed by atoms with Crippen molar-refractivity contribution in [2.45, 2.75) is 31.7 Å². The molecule has 76 valence electrons. The molecule has 1 rings (SSSR count). The van der Waals surface area contributed by atoms with Crippen molar-refractivity contribution in [3.05, 3.63) is 0 Å². The Bertz CT molecular complexity index is 184. The van der Waals surface area contributed by atoms with E-state index in [1.807, 2.05) is 4.90 Å². The summed E-state index contributed by atoms with van der Waals surface area (Å²) in [6.07, 6.45) is 1.04. The highest BCUT2D eigenvalue weighted by atomic mass is 35.5. The third-order valence-corrected chi connectivity index (χ3v) is 2.52. The van der Waals surface area contributed by atoms with Crippen LogP contribution in [0.2, 0.25) is 0 Å². The number of amides is 1. The SMILES string of the molecule is CCNC1CCN(C(=O)C(C)Cl)C1. The lowest BCUT2D eigenvalue weighted by Crippen LogP contribution is -2.37. The first-order valence-electron chi connectivity index (χ1n) is 4.81. The minimum atomic E-state index is -0.389. The molecule has 0 aromatic rings. The number of nitrogens with zero attached hydrogens (tertiary/aromatic N) is 1. The number of carbonyl (C=O) groups is 1. The Morgan fingerprint density at radius 3 is 3.00 bits per heavy atom. The highest BCUT2D eigenvalue weighted by molar-refractivity contribution is 6.30. The van der Waals surface area contributed by atoms with E-state index in [-0.39, 0.29) is 11.3 Å². The van der Waals surface area contributed by atoms with Gasteiger partial charge in [-0.2, -0.15) is 0 Å². The molecule has 0 aromatic heterocycles. The number of halogens is 1. The van der Waals surface area contributed by atoms with Crippen molar-refractivity contribution < 1.29 is 4.79 Å². The second kappa shape index (κ2) is 4.82. The molecule has 0 spiro atoms. The first-order valence-corrected chi connectivity index (χ1v) is 5.25. The Kier molecular flexibility index (Phi) is 4.00. The minimum Gasteiger partial charge on any atom is -0.340 e. The van der Waals surface area contributed by atoms with Crippen LogP contribution >= 0.6 is 11.6 Å². The molecular formula is C9H17ClN2O. The average molecular weight is 205 g/mol. The van der Waals surface area contributed by atoms with Crippen molar-refractivity contribution in [3.8, 4) is 0 Å². The van der Waals surface area contributed by atoms with Gasteiger partial charge in [-0.05, 0) is 19.9 Å². The van der Waals surface area contributed by atoms with Crippen LogP contribution in [0.5, 0.6) is 0 Å². The second-order valence-corrected chi connectivity index (χ2v) is 4.10. The van der Waals surface area contributed by atoms with Crippen molar-refractivity contribution in [1.29, 1.82) is 0 Å². The van der Waals surface area contributed by atoms with Crippen LogP contribution in [0, 0.1) is 0 Å². The van der Waals surface area contributed by atoms with Crippen LogP contribution in [0.15, 0.2) is 0 Å². The molecule has 1 N–H and O–H groups in total. The highest BCUT2D eigenvalue weighted by Gasteiger charge is 2.27. The van der Waals surface area contributed by atoms with Gasteiger partial charge < -0.3 is 10.2 Å². The summed E-state index contributed by atoms with van der Waals surface area (Å²) in [7, 11) is 0. The van der Waals surface area contributed by atoms with Crippen LogP contribution < -0.4 is 5.32 Å². The Balaban J connectivity index is 2.36. The number of rotatable bonds is 3. The Morgan fingerprint density at radius 2 is 2.46 bits per heavy atom. The Hall–Kier alpha value is -0.280. The van der Waals surface area contributed by atoms with E-state index in [2.05, 4.69) is 12.2 Å². The lowest BCUT2D eigenvalue weighted by Gasteiger charge is -2.17.